The van der Waals surface area contributed by atoms with E-state index in [4.69, 9.17) is 16.7 Å². The molecular formula is C11H8ClFN2O2. The summed E-state index contributed by atoms with van der Waals surface area (Å²) < 4.78 is 12.7. The summed E-state index contributed by atoms with van der Waals surface area (Å²) in [5.41, 5.74) is 0.975. The normalized spacial score (nSPS) is 10.5. The standard InChI is InChI=1S/C11H8ClFN2O2/c12-10-8(5-9(16)17)14-11(15-10)6-1-3-7(13)4-2-6/h1-4H,5H2,(H,14,15)(H,16,17). The largest absolute Gasteiger partial charge is 0.481 e. The first kappa shape index (κ1) is 11.6. The molecule has 1 aromatic carbocycles. The van der Waals surface area contributed by atoms with Crippen molar-refractivity contribution >= 4 is 17.6 Å². The summed E-state index contributed by atoms with van der Waals surface area (Å²) in [5, 5.41) is 8.77. The van der Waals surface area contributed by atoms with Gasteiger partial charge in [0.25, 0.3) is 0 Å². The summed E-state index contributed by atoms with van der Waals surface area (Å²) in [6, 6.07) is 5.66. The van der Waals surface area contributed by atoms with Crippen molar-refractivity contribution in [1.29, 1.82) is 0 Å². The molecule has 0 atom stereocenters. The average Bonchev–Trinajstić information content (AvgIpc) is 2.60. The van der Waals surface area contributed by atoms with Crippen molar-refractivity contribution in [2.75, 3.05) is 0 Å². The Bertz CT molecular complexity index is 551. The third-order valence-corrected chi connectivity index (χ3v) is 2.49. The number of aliphatic carboxylic acids is 1. The van der Waals surface area contributed by atoms with Gasteiger partial charge in [-0.3, -0.25) is 4.79 Å². The summed E-state index contributed by atoms with van der Waals surface area (Å²) in [5.74, 6) is -0.926. The Morgan fingerprint density at radius 3 is 2.65 bits per heavy atom. The Balaban J connectivity index is 2.34. The lowest BCUT2D eigenvalue weighted by molar-refractivity contribution is -0.136. The van der Waals surface area contributed by atoms with Crippen molar-refractivity contribution in [1.82, 2.24) is 9.97 Å². The van der Waals surface area contributed by atoms with Crippen LogP contribution in [0.2, 0.25) is 5.15 Å². The number of carboxylic acid groups (broad SMARTS) is 1. The zero-order chi connectivity index (χ0) is 12.4. The molecule has 0 unspecified atom stereocenters. The number of rotatable bonds is 3. The highest BCUT2D eigenvalue weighted by Crippen LogP contribution is 2.21. The van der Waals surface area contributed by atoms with Crippen LogP contribution in [0, 0.1) is 5.82 Å². The quantitative estimate of drug-likeness (QED) is 0.884. The minimum absolute atomic E-state index is 0.117. The van der Waals surface area contributed by atoms with Crippen molar-refractivity contribution in [3.8, 4) is 11.4 Å². The molecule has 1 heterocycles. The Hall–Kier alpha value is -1.88. The fourth-order valence-electron chi connectivity index (χ4n) is 1.40. The lowest BCUT2D eigenvalue weighted by Crippen LogP contribution is -2.00. The van der Waals surface area contributed by atoms with Gasteiger partial charge in [0.05, 0.1) is 12.1 Å². The van der Waals surface area contributed by atoms with E-state index >= 15 is 0 Å². The highest BCUT2D eigenvalue weighted by atomic mass is 35.5. The molecule has 17 heavy (non-hydrogen) atoms. The molecule has 6 heteroatoms. The van der Waals surface area contributed by atoms with Crippen molar-refractivity contribution in [3.05, 3.63) is 40.9 Å². The molecule has 0 amide bonds. The van der Waals surface area contributed by atoms with Gasteiger partial charge in [0.2, 0.25) is 0 Å². The van der Waals surface area contributed by atoms with E-state index < -0.39 is 5.97 Å². The SMILES string of the molecule is O=C(O)Cc1[nH]c(-c2ccc(F)cc2)nc1Cl. The molecular weight excluding hydrogens is 247 g/mol. The van der Waals surface area contributed by atoms with E-state index in [1.54, 1.807) is 0 Å². The number of hydrogen-bond donors (Lipinski definition) is 2. The molecule has 0 saturated carbocycles. The monoisotopic (exact) mass is 254 g/mol. The van der Waals surface area contributed by atoms with Gasteiger partial charge in [0.1, 0.15) is 11.6 Å². The topological polar surface area (TPSA) is 66.0 Å². The number of halogens is 2. The second-order valence-electron chi connectivity index (χ2n) is 3.43. The van der Waals surface area contributed by atoms with Crippen molar-refractivity contribution < 1.29 is 14.3 Å². The second kappa shape index (κ2) is 4.55. The number of benzene rings is 1. The highest BCUT2D eigenvalue weighted by molar-refractivity contribution is 6.30. The summed E-state index contributed by atoms with van der Waals surface area (Å²) in [4.78, 5) is 17.3. The molecule has 2 N–H and O–H groups in total. The Labute approximate surface area is 101 Å². The van der Waals surface area contributed by atoms with Gasteiger partial charge in [-0.2, -0.15) is 0 Å². The van der Waals surface area contributed by atoms with Crippen LogP contribution in [0.4, 0.5) is 4.39 Å². The Morgan fingerprint density at radius 2 is 2.06 bits per heavy atom. The van der Waals surface area contributed by atoms with E-state index in [2.05, 4.69) is 9.97 Å². The first-order valence-corrected chi connectivity index (χ1v) is 5.16. The zero-order valence-corrected chi connectivity index (χ0v) is 9.33. The molecule has 0 aliphatic carbocycles. The lowest BCUT2D eigenvalue weighted by Gasteiger charge is -1.95. The minimum atomic E-state index is -0.999. The fraction of sp³-hybridized carbons (Fsp3) is 0.0909. The van der Waals surface area contributed by atoms with E-state index in [1.165, 1.54) is 24.3 Å². The van der Waals surface area contributed by atoms with Crippen molar-refractivity contribution in [2.45, 2.75) is 6.42 Å². The number of aromatic amines is 1. The Kier molecular flexibility index (Phi) is 3.10. The van der Waals surface area contributed by atoms with Crippen LogP contribution in [0.5, 0.6) is 0 Å². The highest BCUT2D eigenvalue weighted by Gasteiger charge is 2.12. The predicted octanol–water partition coefficient (Wildman–Crippen LogP) is 2.50. The molecule has 0 bridgehead atoms. The predicted molar refractivity (Wildman–Crippen MR) is 60.3 cm³/mol. The summed E-state index contributed by atoms with van der Waals surface area (Å²) in [6.45, 7) is 0. The Morgan fingerprint density at radius 1 is 1.41 bits per heavy atom. The second-order valence-corrected chi connectivity index (χ2v) is 3.79. The summed E-state index contributed by atoms with van der Waals surface area (Å²) in [6.07, 6.45) is -0.229. The number of carboxylic acids is 1. The molecule has 4 nitrogen and oxygen atoms in total. The number of imidazole rings is 1. The molecule has 0 spiro atoms. The number of hydrogen-bond acceptors (Lipinski definition) is 2. The third kappa shape index (κ3) is 2.62. The summed E-state index contributed by atoms with van der Waals surface area (Å²) >= 11 is 5.79. The maximum atomic E-state index is 12.7. The molecule has 2 rings (SSSR count). The van der Waals surface area contributed by atoms with Gasteiger partial charge >= 0.3 is 5.97 Å². The molecule has 0 saturated heterocycles. The molecule has 0 fully saturated rings. The first-order chi connectivity index (χ1) is 8.06. The van der Waals surface area contributed by atoms with Crippen LogP contribution in [0.15, 0.2) is 24.3 Å². The fourth-order valence-corrected chi connectivity index (χ4v) is 1.60. The van der Waals surface area contributed by atoms with E-state index in [-0.39, 0.29) is 17.4 Å². The molecule has 2 aromatic rings. The summed E-state index contributed by atoms with van der Waals surface area (Å²) in [7, 11) is 0. The zero-order valence-electron chi connectivity index (χ0n) is 8.58. The van der Waals surface area contributed by atoms with Gasteiger partial charge < -0.3 is 10.1 Å². The minimum Gasteiger partial charge on any atom is -0.481 e. The third-order valence-electron chi connectivity index (χ3n) is 2.17. The van der Waals surface area contributed by atoms with Gasteiger partial charge in [-0.25, -0.2) is 9.37 Å². The lowest BCUT2D eigenvalue weighted by atomic mass is 10.2. The number of aromatic nitrogens is 2. The first-order valence-electron chi connectivity index (χ1n) is 4.78. The maximum absolute atomic E-state index is 12.7. The molecule has 0 aliphatic heterocycles. The smallest absolute Gasteiger partial charge is 0.309 e. The van der Waals surface area contributed by atoms with Crippen LogP contribution in [0.1, 0.15) is 5.69 Å². The van der Waals surface area contributed by atoms with Crippen LogP contribution >= 0.6 is 11.6 Å². The van der Waals surface area contributed by atoms with Gasteiger partial charge in [-0.05, 0) is 24.3 Å². The number of carbonyl (C=O) groups is 1. The molecule has 88 valence electrons. The van der Waals surface area contributed by atoms with Crippen molar-refractivity contribution in [3.63, 3.8) is 0 Å². The van der Waals surface area contributed by atoms with Gasteiger partial charge in [-0.15, -0.1) is 0 Å². The van der Waals surface area contributed by atoms with Crippen LogP contribution in [0.3, 0.4) is 0 Å². The van der Waals surface area contributed by atoms with E-state index in [1.807, 2.05) is 0 Å². The number of nitrogens with one attached hydrogen (secondary N) is 1. The number of nitrogens with zero attached hydrogens (tertiary/aromatic N) is 1. The van der Waals surface area contributed by atoms with Crippen LogP contribution in [0.25, 0.3) is 11.4 Å². The van der Waals surface area contributed by atoms with E-state index in [0.29, 0.717) is 17.1 Å². The van der Waals surface area contributed by atoms with Gasteiger partial charge in [0, 0.05) is 5.56 Å². The molecule has 1 aromatic heterocycles. The van der Waals surface area contributed by atoms with Crippen LogP contribution in [-0.2, 0) is 11.2 Å². The van der Waals surface area contributed by atoms with E-state index in [0.717, 1.165) is 0 Å². The van der Waals surface area contributed by atoms with Gasteiger partial charge in [-0.1, -0.05) is 11.6 Å². The van der Waals surface area contributed by atoms with Crippen LogP contribution in [-0.4, -0.2) is 21.0 Å². The van der Waals surface area contributed by atoms with Gasteiger partial charge in [0.15, 0.2) is 5.15 Å². The maximum Gasteiger partial charge on any atom is 0.309 e. The van der Waals surface area contributed by atoms with E-state index in [9.17, 15) is 9.18 Å². The molecule has 0 radical (unpaired) electrons. The van der Waals surface area contributed by atoms with Crippen LogP contribution < -0.4 is 0 Å². The average molecular weight is 255 g/mol. The van der Waals surface area contributed by atoms with Crippen molar-refractivity contribution in [2.24, 2.45) is 0 Å². The number of H-pyrrole nitrogens is 1. The molecule has 0 aliphatic rings.